The van der Waals surface area contributed by atoms with E-state index in [4.69, 9.17) is 17.8 Å². The summed E-state index contributed by atoms with van der Waals surface area (Å²) in [6.45, 7) is 24.2. The van der Waals surface area contributed by atoms with Gasteiger partial charge in [-0.05, 0) is 66.8 Å². The molecular formula is C46H56BNO2. The van der Waals surface area contributed by atoms with E-state index in [1.165, 1.54) is 11.1 Å². The van der Waals surface area contributed by atoms with E-state index in [0.29, 0.717) is 5.75 Å². The van der Waals surface area contributed by atoms with Gasteiger partial charge in [-0.3, -0.25) is 0 Å². The normalized spacial score (nSPS) is 8.48. The second-order valence-electron chi connectivity index (χ2n) is 9.94. The first-order chi connectivity index (χ1) is 24.3. The lowest BCUT2D eigenvalue weighted by molar-refractivity contribution is 0.277. The van der Waals surface area contributed by atoms with Crippen LogP contribution in [0.1, 0.15) is 47.1 Å². The molecule has 50 heavy (non-hydrogen) atoms. The fourth-order valence-corrected chi connectivity index (χ4v) is 3.81. The minimum atomic E-state index is 0.565. The van der Waals surface area contributed by atoms with E-state index in [2.05, 4.69) is 85.1 Å². The highest BCUT2D eigenvalue weighted by molar-refractivity contribution is 6.33. The molecule has 2 radical (unpaired) electrons. The van der Waals surface area contributed by atoms with Gasteiger partial charge in [0.25, 0.3) is 6.26 Å². The van der Waals surface area contributed by atoms with Gasteiger partial charge < -0.3 is 9.47 Å². The number of rotatable bonds is 5. The molecule has 0 atom stereocenters. The van der Waals surface area contributed by atoms with E-state index >= 15 is 0 Å². The monoisotopic (exact) mass is 665 g/mol. The van der Waals surface area contributed by atoms with Crippen LogP contribution in [0.4, 0.5) is 0 Å². The minimum Gasteiger partial charge on any atom is -0.388 e. The Morgan fingerprint density at radius 2 is 1.04 bits per heavy atom. The van der Waals surface area contributed by atoms with Gasteiger partial charge in [-0.25, -0.2) is 0 Å². The van der Waals surface area contributed by atoms with Crippen LogP contribution in [0.3, 0.4) is 0 Å². The van der Waals surface area contributed by atoms with Crippen molar-refractivity contribution in [1.29, 1.82) is 5.26 Å². The molecule has 0 unspecified atom stereocenters. The number of allylic oxidation sites excluding steroid dienone is 3. The fourth-order valence-electron chi connectivity index (χ4n) is 3.81. The highest BCUT2D eigenvalue weighted by Gasteiger charge is 2.08. The van der Waals surface area contributed by atoms with Gasteiger partial charge in [0.1, 0.15) is 13.6 Å². The Bertz CT molecular complexity index is 1650. The van der Waals surface area contributed by atoms with E-state index in [9.17, 15) is 0 Å². The molecule has 5 aromatic carbocycles. The standard InChI is InChI=1S/C25H17NO.C7H7B.C5H8.C3H6.C2H6O.2C2H6/c26-18-27-25-15-5-4-14-24(25)23-13-7-12-22(17-23)21-11-6-10-20(16-21)19-8-2-1-3-9-19;1-6-4-2-3-5-7(6)8;1-4-5(2)3;2*1-3-2;2*1-2/h1-17H;2-5H,1H3;4H,1-2H2,3H3;3H,1H2,2H3;1-2H3;2*1-2H3. The van der Waals surface area contributed by atoms with Crippen LogP contribution >= 0.6 is 0 Å². The van der Waals surface area contributed by atoms with Crippen LogP contribution in [0.2, 0.25) is 0 Å². The molecule has 260 valence electrons. The summed E-state index contributed by atoms with van der Waals surface area (Å²) in [7, 11) is 8.77. The van der Waals surface area contributed by atoms with Crippen LogP contribution in [0.25, 0.3) is 33.4 Å². The summed E-state index contributed by atoms with van der Waals surface area (Å²) in [4.78, 5) is 0. The van der Waals surface area contributed by atoms with Crippen LogP contribution in [0.15, 0.2) is 165 Å². The lowest BCUT2D eigenvalue weighted by Crippen LogP contribution is -2.04. The van der Waals surface area contributed by atoms with Gasteiger partial charge in [0.2, 0.25) is 0 Å². The van der Waals surface area contributed by atoms with Gasteiger partial charge in [-0.15, -0.1) is 11.8 Å². The van der Waals surface area contributed by atoms with Gasteiger partial charge in [-0.1, -0.05) is 179 Å². The summed E-state index contributed by atoms with van der Waals surface area (Å²) in [5.74, 6) is 0.565. The Labute approximate surface area is 305 Å². The van der Waals surface area contributed by atoms with Crippen molar-refractivity contribution in [2.45, 2.75) is 48.5 Å². The molecule has 0 spiro atoms. The molecular weight excluding hydrogens is 609 g/mol. The molecule has 3 nitrogen and oxygen atoms in total. The van der Waals surface area contributed by atoms with Crippen molar-refractivity contribution in [2.75, 3.05) is 14.2 Å². The number of nitrogens with zero attached hydrogens (tertiary/aromatic N) is 1. The molecule has 0 fully saturated rings. The predicted octanol–water partition coefficient (Wildman–Crippen LogP) is 12.6. The summed E-state index contributed by atoms with van der Waals surface area (Å²) < 4.78 is 9.37. The summed E-state index contributed by atoms with van der Waals surface area (Å²) in [5.41, 5.74) is 9.61. The van der Waals surface area contributed by atoms with Crippen molar-refractivity contribution in [2.24, 2.45) is 0 Å². The molecule has 0 saturated carbocycles. The number of aryl methyl sites for hydroxylation is 1. The smallest absolute Gasteiger partial charge is 0.292 e. The molecule has 0 heterocycles. The van der Waals surface area contributed by atoms with Gasteiger partial charge in [0.15, 0.2) is 0 Å². The van der Waals surface area contributed by atoms with Crippen molar-refractivity contribution in [1.82, 2.24) is 0 Å². The lowest BCUT2D eigenvalue weighted by Gasteiger charge is -2.10. The Morgan fingerprint density at radius 3 is 1.48 bits per heavy atom. The lowest BCUT2D eigenvalue weighted by atomic mass is 9.92. The third-order valence-electron chi connectivity index (χ3n) is 6.06. The third kappa shape index (κ3) is 19.5. The zero-order valence-electron chi connectivity index (χ0n) is 31.7. The maximum atomic E-state index is 8.89. The average Bonchev–Trinajstić information content (AvgIpc) is 3.16. The van der Waals surface area contributed by atoms with E-state index in [0.717, 1.165) is 38.9 Å². The number of benzene rings is 5. The number of hydrogen-bond acceptors (Lipinski definition) is 3. The zero-order chi connectivity index (χ0) is 38.2. The molecule has 0 N–H and O–H groups in total. The maximum absolute atomic E-state index is 8.89. The Morgan fingerprint density at radius 1 is 0.660 bits per heavy atom. The SMILES string of the molecule is C=CC.C=CC(=C)C.CC.CC.COC.N#COc1ccccc1-c1cccc(-c2cccc(-c3ccccc3)c2)c1.[B]c1ccccc1C. The number of para-hydroxylation sites is 1. The maximum Gasteiger partial charge on any atom is 0.292 e. The highest BCUT2D eigenvalue weighted by atomic mass is 16.5. The molecule has 0 aliphatic heterocycles. The van der Waals surface area contributed by atoms with Crippen molar-refractivity contribution < 1.29 is 9.47 Å². The molecule has 0 aliphatic rings. The first-order valence-corrected chi connectivity index (χ1v) is 16.7. The minimum absolute atomic E-state index is 0.565. The van der Waals surface area contributed by atoms with Crippen LogP contribution in [0, 0.1) is 18.4 Å². The second kappa shape index (κ2) is 30.9. The number of methoxy groups -OCH3 is 1. The quantitative estimate of drug-likeness (QED) is 0.0812. The number of ether oxygens (including phenoxy) is 2. The van der Waals surface area contributed by atoms with E-state index in [1.54, 1.807) is 38.7 Å². The molecule has 0 saturated heterocycles. The van der Waals surface area contributed by atoms with Gasteiger partial charge >= 0.3 is 0 Å². The van der Waals surface area contributed by atoms with E-state index in [-0.39, 0.29) is 0 Å². The van der Waals surface area contributed by atoms with Crippen LogP contribution < -0.4 is 10.2 Å². The largest absolute Gasteiger partial charge is 0.388 e. The van der Waals surface area contributed by atoms with Gasteiger partial charge in [0, 0.05) is 19.8 Å². The number of hydrogen-bond donors (Lipinski definition) is 0. The van der Waals surface area contributed by atoms with Gasteiger partial charge in [-0.2, -0.15) is 0 Å². The second-order valence-corrected chi connectivity index (χ2v) is 9.94. The Balaban J connectivity index is 0. The Kier molecular flexibility index (Phi) is 28.9. The number of nitriles is 1. The van der Waals surface area contributed by atoms with Crippen molar-refractivity contribution >= 4 is 13.3 Å². The van der Waals surface area contributed by atoms with E-state index < -0.39 is 0 Å². The summed E-state index contributed by atoms with van der Waals surface area (Å²) in [5, 5.41) is 8.89. The zero-order valence-corrected chi connectivity index (χ0v) is 31.7. The van der Waals surface area contributed by atoms with Crippen LogP contribution in [-0.4, -0.2) is 22.1 Å². The molecule has 0 aliphatic carbocycles. The van der Waals surface area contributed by atoms with Crippen LogP contribution in [0.5, 0.6) is 5.75 Å². The van der Waals surface area contributed by atoms with Crippen molar-refractivity contribution in [3.63, 3.8) is 0 Å². The molecule has 4 heteroatoms. The van der Waals surface area contributed by atoms with Crippen molar-refractivity contribution in [3.05, 3.63) is 170 Å². The first-order valence-electron chi connectivity index (χ1n) is 16.7. The van der Waals surface area contributed by atoms with Gasteiger partial charge in [0.05, 0.1) is 0 Å². The van der Waals surface area contributed by atoms with Crippen molar-refractivity contribution in [3.8, 4) is 45.4 Å². The van der Waals surface area contributed by atoms with Crippen LogP contribution in [-0.2, 0) is 4.74 Å². The molecule has 5 aromatic rings. The summed E-state index contributed by atoms with van der Waals surface area (Å²) in [6, 6.07) is 42.6. The Hall–Kier alpha value is -5.37. The molecule has 0 aromatic heterocycles. The highest BCUT2D eigenvalue weighted by Crippen LogP contribution is 2.33. The summed E-state index contributed by atoms with van der Waals surface area (Å²) in [6.07, 6.45) is 5.24. The topological polar surface area (TPSA) is 42.2 Å². The summed E-state index contributed by atoms with van der Waals surface area (Å²) >= 11 is 0. The first kappa shape index (κ1) is 46.8. The predicted molar refractivity (Wildman–Crippen MR) is 222 cm³/mol. The molecule has 0 amide bonds. The fraction of sp³-hybridized carbons (Fsp3) is 0.196. The third-order valence-corrected chi connectivity index (χ3v) is 6.06. The van der Waals surface area contributed by atoms with E-state index in [1.807, 2.05) is 109 Å². The average molecular weight is 666 g/mol. The molecule has 5 rings (SSSR count). The molecule has 0 bridgehead atoms.